The largest absolute Gasteiger partial charge is 0.397 e. The Morgan fingerprint density at radius 3 is 2.39 bits per heavy atom. The van der Waals surface area contributed by atoms with Crippen LogP contribution < -0.4 is 21.3 Å². The van der Waals surface area contributed by atoms with Crippen LogP contribution in [0.2, 0.25) is 0 Å². The number of piperazine rings is 1. The van der Waals surface area contributed by atoms with Gasteiger partial charge in [0.05, 0.1) is 11.4 Å². The maximum Gasteiger partial charge on any atom is 0.229 e. The summed E-state index contributed by atoms with van der Waals surface area (Å²) >= 11 is 0. The fraction of sp³-hybridized carbons (Fsp3) is 0.333. The number of hydrogen-bond donors (Lipinski definition) is 3. The average Bonchev–Trinajstić information content (AvgIpc) is 3.62. The second-order valence-corrected chi connectivity index (χ2v) is 8.45. The maximum absolute atomic E-state index is 6.13. The predicted molar refractivity (Wildman–Crippen MR) is 128 cm³/mol. The van der Waals surface area contributed by atoms with Crippen molar-refractivity contribution in [2.45, 2.75) is 18.8 Å². The lowest BCUT2D eigenvalue weighted by Gasteiger charge is -2.34. The Kier molecular flexibility index (Phi) is 5.34. The van der Waals surface area contributed by atoms with Gasteiger partial charge < -0.3 is 26.2 Å². The van der Waals surface area contributed by atoms with E-state index in [9.17, 15) is 0 Å². The molecule has 2 heterocycles. The minimum atomic E-state index is 0.532. The lowest BCUT2D eigenvalue weighted by Crippen LogP contribution is -2.44. The van der Waals surface area contributed by atoms with E-state index in [0.29, 0.717) is 17.6 Å². The fourth-order valence-corrected chi connectivity index (χ4v) is 3.93. The Morgan fingerprint density at radius 2 is 1.68 bits per heavy atom. The molecule has 160 valence electrons. The van der Waals surface area contributed by atoms with Crippen LogP contribution in [0.25, 0.3) is 0 Å². The zero-order valence-corrected chi connectivity index (χ0v) is 17.9. The van der Waals surface area contributed by atoms with Gasteiger partial charge >= 0.3 is 0 Å². The van der Waals surface area contributed by atoms with Crippen LogP contribution in [-0.4, -0.2) is 48.1 Å². The number of benzene rings is 2. The summed E-state index contributed by atoms with van der Waals surface area (Å²) in [6, 6.07) is 16.3. The van der Waals surface area contributed by atoms with Gasteiger partial charge in [0.2, 0.25) is 5.95 Å². The molecule has 7 heteroatoms. The number of likely N-dealkylation sites (N-methyl/N-ethyl adjacent to an activating group) is 1. The molecule has 0 atom stereocenters. The first-order chi connectivity index (χ1) is 15.2. The van der Waals surface area contributed by atoms with Gasteiger partial charge in [-0.1, -0.05) is 12.1 Å². The van der Waals surface area contributed by atoms with E-state index in [4.69, 9.17) is 10.7 Å². The number of nitrogens with one attached hydrogen (secondary N) is 2. The van der Waals surface area contributed by atoms with E-state index in [1.807, 2.05) is 30.5 Å². The van der Waals surface area contributed by atoms with Gasteiger partial charge in [-0.25, -0.2) is 4.98 Å². The standard InChI is InChI=1S/C24H29N7/c1-30-12-14-31(15-13-30)19-10-8-18(9-11-19)27-24-26-16-20(17-6-7-17)23(29-24)28-22-5-3-2-4-21(22)25/h2-5,8-11,16-17H,6-7,12-15,25H2,1H3,(H2,26,27,28,29). The van der Waals surface area contributed by atoms with Crippen molar-refractivity contribution in [3.63, 3.8) is 0 Å². The van der Waals surface area contributed by atoms with E-state index in [1.165, 1.54) is 18.5 Å². The molecule has 1 saturated carbocycles. The van der Waals surface area contributed by atoms with Crippen molar-refractivity contribution in [3.8, 4) is 0 Å². The molecule has 31 heavy (non-hydrogen) atoms. The second kappa shape index (κ2) is 8.43. The maximum atomic E-state index is 6.13. The van der Waals surface area contributed by atoms with Crippen LogP contribution >= 0.6 is 0 Å². The first-order valence-electron chi connectivity index (χ1n) is 10.9. The SMILES string of the molecule is CN1CCN(c2ccc(Nc3ncc(C4CC4)c(Nc4ccccc4N)n3)cc2)CC1. The van der Waals surface area contributed by atoms with Gasteiger partial charge in [-0.2, -0.15) is 4.98 Å². The molecule has 2 aliphatic rings. The van der Waals surface area contributed by atoms with Crippen molar-refractivity contribution in [3.05, 3.63) is 60.3 Å². The van der Waals surface area contributed by atoms with Crippen LogP contribution in [0, 0.1) is 0 Å². The zero-order valence-electron chi connectivity index (χ0n) is 17.9. The molecule has 2 fully saturated rings. The molecule has 0 radical (unpaired) electrons. The lowest BCUT2D eigenvalue weighted by atomic mass is 10.2. The third kappa shape index (κ3) is 4.56. The number of nitrogen functional groups attached to an aromatic ring is 1. The van der Waals surface area contributed by atoms with Gasteiger partial charge in [0.25, 0.3) is 0 Å². The number of hydrogen-bond acceptors (Lipinski definition) is 7. The van der Waals surface area contributed by atoms with Crippen molar-refractivity contribution >= 4 is 34.5 Å². The fourth-order valence-electron chi connectivity index (χ4n) is 3.93. The lowest BCUT2D eigenvalue weighted by molar-refractivity contribution is 0.313. The molecule has 1 saturated heterocycles. The highest BCUT2D eigenvalue weighted by atomic mass is 15.2. The third-order valence-electron chi connectivity index (χ3n) is 6.04. The van der Waals surface area contributed by atoms with Crippen LogP contribution in [0.5, 0.6) is 0 Å². The van der Waals surface area contributed by atoms with Gasteiger partial charge in [0, 0.05) is 49.3 Å². The van der Waals surface area contributed by atoms with E-state index in [2.05, 4.69) is 56.7 Å². The Hall–Kier alpha value is -3.32. The summed E-state index contributed by atoms with van der Waals surface area (Å²) in [5.41, 5.74) is 11.1. The number of nitrogens with zero attached hydrogens (tertiary/aromatic N) is 4. The summed E-state index contributed by atoms with van der Waals surface area (Å²) in [5.74, 6) is 1.94. The summed E-state index contributed by atoms with van der Waals surface area (Å²) in [5, 5.41) is 6.77. The first-order valence-corrected chi connectivity index (χ1v) is 10.9. The van der Waals surface area contributed by atoms with Crippen LogP contribution in [-0.2, 0) is 0 Å². The molecule has 5 rings (SSSR count). The van der Waals surface area contributed by atoms with Gasteiger partial charge in [0.15, 0.2) is 0 Å². The predicted octanol–water partition coefficient (Wildman–Crippen LogP) is 4.18. The molecule has 1 aliphatic carbocycles. The monoisotopic (exact) mass is 415 g/mol. The topological polar surface area (TPSA) is 82.3 Å². The Bertz CT molecular complexity index is 1040. The molecule has 0 unspecified atom stereocenters. The molecule has 3 aromatic rings. The second-order valence-electron chi connectivity index (χ2n) is 8.45. The number of para-hydroxylation sites is 2. The summed E-state index contributed by atoms with van der Waals surface area (Å²) in [4.78, 5) is 14.1. The number of nitrogens with two attached hydrogens (primary N) is 1. The van der Waals surface area contributed by atoms with Gasteiger partial charge in [-0.15, -0.1) is 0 Å². The molecule has 0 amide bonds. The summed E-state index contributed by atoms with van der Waals surface area (Å²) in [7, 11) is 2.17. The van der Waals surface area contributed by atoms with Crippen molar-refractivity contribution < 1.29 is 0 Å². The van der Waals surface area contributed by atoms with E-state index in [0.717, 1.165) is 48.9 Å². The van der Waals surface area contributed by atoms with Crippen LogP contribution in [0.3, 0.4) is 0 Å². The smallest absolute Gasteiger partial charge is 0.229 e. The molecule has 1 aromatic heterocycles. The molecule has 0 spiro atoms. The average molecular weight is 416 g/mol. The number of aromatic nitrogens is 2. The van der Waals surface area contributed by atoms with Crippen LogP contribution in [0.1, 0.15) is 24.3 Å². The molecule has 7 nitrogen and oxygen atoms in total. The van der Waals surface area contributed by atoms with Crippen LogP contribution in [0.4, 0.5) is 34.5 Å². The Labute approximate surface area is 183 Å². The highest BCUT2D eigenvalue weighted by molar-refractivity contribution is 5.73. The molecular formula is C24H29N7. The van der Waals surface area contributed by atoms with Crippen molar-refractivity contribution in [2.75, 3.05) is 54.5 Å². The molecular weight excluding hydrogens is 386 g/mol. The summed E-state index contributed by atoms with van der Waals surface area (Å²) in [6.07, 6.45) is 4.30. The van der Waals surface area contributed by atoms with Crippen molar-refractivity contribution in [1.29, 1.82) is 0 Å². The van der Waals surface area contributed by atoms with E-state index in [-0.39, 0.29) is 0 Å². The van der Waals surface area contributed by atoms with Gasteiger partial charge in [0.1, 0.15) is 5.82 Å². The molecule has 0 bridgehead atoms. The number of anilines is 6. The first kappa shape index (κ1) is 19.6. The zero-order chi connectivity index (χ0) is 21.2. The van der Waals surface area contributed by atoms with Gasteiger partial charge in [-0.05, 0) is 62.2 Å². The molecule has 2 aromatic carbocycles. The Balaban J connectivity index is 1.33. The highest BCUT2D eigenvalue weighted by Crippen LogP contribution is 2.43. The van der Waals surface area contributed by atoms with Crippen LogP contribution in [0.15, 0.2) is 54.7 Å². The van der Waals surface area contributed by atoms with E-state index < -0.39 is 0 Å². The van der Waals surface area contributed by atoms with Gasteiger partial charge in [-0.3, -0.25) is 0 Å². The normalized spacial score (nSPS) is 16.9. The Morgan fingerprint density at radius 1 is 0.935 bits per heavy atom. The summed E-state index contributed by atoms with van der Waals surface area (Å²) < 4.78 is 0. The minimum absolute atomic E-state index is 0.532. The minimum Gasteiger partial charge on any atom is -0.397 e. The number of rotatable bonds is 6. The van der Waals surface area contributed by atoms with Crippen molar-refractivity contribution in [2.24, 2.45) is 0 Å². The van der Waals surface area contributed by atoms with E-state index >= 15 is 0 Å². The summed E-state index contributed by atoms with van der Waals surface area (Å²) in [6.45, 7) is 4.32. The highest BCUT2D eigenvalue weighted by Gasteiger charge is 2.28. The van der Waals surface area contributed by atoms with Crippen molar-refractivity contribution in [1.82, 2.24) is 14.9 Å². The third-order valence-corrected chi connectivity index (χ3v) is 6.04. The molecule has 4 N–H and O–H groups in total. The van der Waals surface area contributed by atoms with E-state index in [1.54, 1.807) is 0 Å². The quantitative estimate of drug-likeness (QED) is 0.521. The molecule has 1 aliphatic heterocycles.